The Morgan fingerprint density at radius 1 is 0.643 bits per heavy atom. The smallest absolute Gasteiger partial charge is 0.338 e. The Bertz CT molecular complexity index is 374. The van der Waals surface area contributed by atoms with Crippen LogP contribution in [-0.2, 0) is 19.1 Å². The van der Waals surface area contributed by atoms with E-state index in [-0.39, 0.29) is 12.2 Å². The average molecular weight is 403 g/mol. The Balaban J connectivity index is 4.44. The van der Waals surface area contributed by atoms with E-state index in [1.165, 1.54) is 0 Å². The van der Waals surface area contributed by atoms with E-state index in [2.05, 4.69) is 13.8 Å². The van der Waals surface area contributed by atoms with Crippen LogP contribution in [0.3, 0.4) is 0 Å². The molecule has 0 aliphatic carbocycles. The molecule has 0 bridgehead atoms. The Kier molecular flexibility index (Phi) is 16.1. The van der Waals surface area contributed by atoms with Gasteiger partial charge < -0.3 is 19.7 Å². The van der Waals surface area contributed by atoms with Crippen LogP contribution in [0.4, 0.5) is 0 Å². The summed E-state index contributed by atoms with van der Waals surface area (Å²) in [7, 11) is 0. The molecule has 0 saturated carbocycles. The number of rotatable bonds is 17. The van der Waals surface area contributed by atoms with E-state index in [4.69, 9.17) is 9.47 Å². The molecule has 0 radical (unpaired) electrons. The number of aliphatic hydroxyl groups is 2. The van der Waals surface area contributed by atoms with E-state index < -0.39 is 24.1 Å². The first-order chi connectivity index (χ1) is 13.4. The minimum atomic E-state index is -1.92. The molecule has 2 unspecified atom stereocenters. The molecule has 0 saturated heterocycles. The summed E-state index contributed by atoms with van der Waals surface area (Å²) in [5.74, 6) is -1.94. The molecule has 4 atom stereocenters. The fourth-order valence-corrected chi connectivity index (χ4v) is 3.02. The molecule has 0 aromatic heterocycles. The van der Waals surface area contributed by atoms with Gasteiger partial charge in [0.25, 0.3) is 0 Å². The summed E-state index contributed by atoms with van der Waals surface area (Å²) < 4.78 is 10.6. The molecular formula is C22H42O6. The molecule has 166 valence electrons. The van der Waals surface area contributed by atoms with Crippen molar-refractivity contribution < 1.29 is 29.3 Å². The van der Waals surface area contributed by atoms with Crippen molar-refractivity contribution in [1.29, 1.82) is 0 Å². The standard InChI is InChI=1S/C22H42O6/c1-5-9-11-13-15-17(7-3)27-21(25)19(23)20(24)22(26)28-18(8-4)16-14-12-10-6-2/h17-20,23-24H,5-16H2,1-4H3/t17?,18?,19-,20-/m1/s1. The highest BCUT2D eigenvalue weighted by Gasteiger charge is 2.34. The van der Waals surface area contributed by atoms with E-state index in [0.717, 1.165) is 51.4 Å². The third kappa shape index (κ3) is 11.6. The zero-order chi connectivity index (χ0) is 21.4. The molecule has 0 amide bonds. The Morgan fingerprint density at radius 2 is 1.00 bits per heavy atom. The maximum Gasteiger partial charge on any atom is 0.338 e. The highest BCUT2D eigenvalue weighted by molar-refractivity contribution is 5.85. The maximum atomic E-state index is 12.1. The molecule has 6 nitrogen and oxygen atoms in total. The van der Waals surface area contributed by atoms with Crippen LogP contribution in [0.5, 0.6) is 0 Å². The summed E-state index contributed by atoms with van der Waals surface area (Å²) in [5.41, 5.74) is 0. The highest BCUT2D eigenvalue weighted by Crippen LogP contribution is 2.15. The van der Waals surface area contributed by atoms with Crippen LogP contribution in [0.25, 0.3) is 0 Å². The van der Waals surface area contributed by atoms with Crippen molar-refractivity contribution >= 4 is 11.9 Å². The predicted molar refractivity (Wildman–Crippen MR) is 110 cm³/mol. The number of carbonyl (C=O) groups is 2. The first-order valence-electron chi connectivity index (χ1n) is 11.2. The minimum absolute atomic E-state index is 0.316. The van der Waals surface area contributed by atoms with Crippen LogP contribution in [-0.4, -0.2) is 46.6 Å². The molecule has 0 aliphatic heterocycles. The monoisotopic (exact) mass is 402 g/mol. The molecule has 2 N–H and O–H groups in total. The molecular weight excluding hydrogens is 360 g/mol. The molecule has 0 aliphatic rings. The van der Waals surface area contributed by atoms with Crippen LogP contribution in [0.2, 0.25) is 0 Å². The van der Waals surface area contributed by atoms with Gasteiger partial charge in [0.05, 0.1) is 0 Å². The lowest BCUT2D eigenvalue weighted by atomic mass is 10.1. The first kappa shape index (κ1) is 26.9. The van der Waals surface area contributed by atoms with Gasteiger partial charge in [0.1, 0.15) is 12.2 Å². The quantitative estimate of drug-likeness (QED) is 0.278. The lowest BCUT2D eigenvalue weighted by molar-refractivity contribution is -0.179. The topological polar surface area (TPSA) is 93.1 Å². The number of hydrogen-bond acceptors (Lipinski definition) is 6. The van der Waals surface area contributed by atoms with Gasteiger partial charge in [-0.15, -0.1) is 0 Å². The fraction of sp³-hybridized carbons (Fsp3) is 0.909. The molecule has 0 rings (SSSR count). The Morgan fingerprint density at radius 3 is 1.29 bits per heavy atom. The summed E-state index contributed by atoms with van der Waals surface area (Å²) in [6.45, 7) is 8.06. The predicted octanol–water partition coefficient (Wildman–Crippen LogP) is 4.29. The minimum Gasteiger partial charge on any atom is -0.460 e. The molecule has 28 heavy (non-hydrogen) atoms. The SMILES string of the molecule is CCCCCCC(CC)OC(=O)[C@H](O)[C@@H](O)C(=O)OC(CC)CCCCCC. The third-order valence-corrected chi connectivity index (χ3v) is 5.02. The second-order valence-corrected chi connectivity index (χ2v) is 7.52. The largest absolute Gasteiger partial charge is 0.460 e. The van der Waals surface area contributed by atoms with Gasteiger partial charge in [-0.3, -0.25) is 0 Å². The van der Waals surface area contributed by atoms with E-state index in [0.29, 0.717) is 25.7 Å². The normalized spacial score (nSPS) is 15.5. The highest BCUT2D eigenvalue weighted by atomic mass is 16.6. The lowest BCUT2D eigenvalue weighted by Gasteiger charge is -2.22. The molecule has 0 spiro atoms. The molecule has 0 aromatic rings. The van der Waals surface area contributed by atoms with Crippen LogP contribution in [0.1, 0.15) is 105 Å². The van der Waals surface area contributed by atoms with Gasteiger partial charge in [0.2, 0.25) is 0 Å². The molecule has 0 aromatic carbocycles. The van der Waals surface area contributed by atoms with Gasteiger partial charge >= 0.3 is 11.9 Å². The number of ether oxygens (including phenoxy) is 2. The van der Waals surface area contributed by atoms with Crippen molar-refractivity contribution in [2.75, 3.05) is 0 Å². The summed E-state index contributed by atoms with van der Waals surface area (Å²) in [6.07, 6.45) is 6.74. The molecule has 0 fully saturated rings. The number of unbranched alkanes of at least 4 members (excludes halogenated alkanes) is 6. The van der Waals surface area contributed by atoms with Crippen molar-refractivity contribution in [3.63, 3.8) is 0 Å². The number of esters is 2. The zero-order valence-corrected chi connectivity index (χ0v) is 18.3. The van der Waals surface area contributed by atoms with Gasteiger partial charge in [-0.25, -0.2) is 9.59 Å². The summed E-state index contributed by atoms with van der Waals surface area (Å²) in [6, 6.07) is 0. The van der Waals surface area contributed by atoms with Crippen molar-refractivity contribution in [2.45, 2.75) is 129 Å². The van der Waals surface area contributed by atoms with Crippen LogP contribution in [0.15, 0.2) is 0 Å². The van der Waals surface area contributed by atoms with E-state index in [9.17, 15) is 19.8 Å². The Labute approximate surface area is 171 Å². The molecule has 6 heteroatoms. The van der Waals surface area contributed by atoms with Crippen LogP contribution >= 0.6 is 0 Å². The van der Waals surface area contributed by atoms with E-state index >= 15 is 0 Å². The van der Waals surface area contributed by atoms with Crippen molar-refractivity contribution in [3.8, 4) is 0 Å². The second-order valence-electron chi connectivity index (χ2n) is 7.52. The average Bonchev–Trinajstić information content (AvgIpc) is 2.70. The van der Waals surface area contributed by atoms with E-state index in [1.54, 1.807) is 0 Å². The first-order valence-corrected chi connectivity index (χ1v) is 11.2. The van der Waals surface area contributed by atoms with Crippen LogP contribution in [0, 0.1) is 0 Å². The van der Waals surface area contributed by atoms with E-state index in [1.807, 2.05) is 13.8 Å². The summed E-state index contributed by atoms with van der Waals surface area (Å²) >= 11 is 0. The van der Waals surface area contributed by atoms with Gasteiger partial charge in [0, 0.05) is 0 Å². The van der Waals surface area contributed by atoms with Crippen molar-refractivity contribution in [2.24, 2.45) is 0 Å². The van der Waals surface area contributed by atoms with Crippen molar-refractivity contribution in [3.05, 3.63) is 0 Å². The fourth-order valence-electron chi connectivity index (χ4n) is 3.02. The lowest BCUT2D eigenvalue weighted by Crippen LogP contribution is -2.43. The van der Waals surface area contributed by atoms with Crippen molar-refractivity contribution in [1.82, 2.24) is 0 Å². The zero-order valence-electron chi connectivity index (χ0n) is 18.3. The Hall–Kier alpha value is -1.14. The van der Waals surface area contributed by atoms with Gasteiger partial charge in [-0.1, -0.05) is 66.2 Å². The van der Waals surface area contributed by atoms with Gasteiger partial charge in [-0.05, 0) is 38.5 Å². The number of aliphatic hydroxyl groups excluding tert-OH is 2. The number of hydrogen-bond donors (Lipinski definition) is 2. The third-order valence-electron chi connectivity index (χ3n) is 5.02. The van der Waals surface area contributed by atoms with Gasteiger partial charge in [-0.2, -0.15) is 0 Å². The van der Waals surface area contributed by atoms with Gasteiger partial charge in [0.15, 0.2) is 12.2 Å². The maximum absolute atomic E-state index is 12.1. The van der Waals surface area contributed by atoms with Crippen LogP contribution < -0.4 is 0 Å². The summed E-state index contributed by atoms with van der Waals surface area (Å²) in [5, 5.41) is 20.0. The number of carbonyl (C=O) groups excluding carboxylic acids is 2. The summed E-state index contributed by atoms with van der Waals surface area (Å²) in [4.78, 5) is 24.2. The second kappa shape index (κ2) is 16.8. The molecule has 0 heterocycles.